The first-order valence-corrected chi connectivity index (χ1v) is 11.7. The highest BCUT2D eigenvalue weighted by Gasteiger charge is 2.25. The Morgan fingerprint density at radius 2 is 1.83 bits per heavy atom. The molecule has 0 bridgehead atoms. The second kappa shape index (κ2) is 9.49. The summed E-state index contributed by atoms with van der Waals surface area (Å²) in [4.78, 5) is 33.5. The fraction of sp³-hybridized carbons (Fsp3) is 0.318. The van der Waals surface area contributed by atoms with Crippen LogP contribution < -0.4 is 4.74 Å². The zero-order valence-electron chi connectivity index (χ0n) is 16.7. The van der Waals surface area contributed by atoms with Crippen molar-refractivity contribution in [3.8, 4) is 5.75 Å². The second-order valence-electron chi connectivity index (χ2n) is 6.97. The normalized spacial score (nSPS) is 14.2. The molecule has 1 aliphatic rings. The first kappa shape index (κ1) is 20.7. The minimum Gasteiger partial charge on any atom is -0.497 e. The van der Waals surface area contributed by atoms with Crippen LogP contribution in [0.1, 0.15) is 15.4 Å². The molecular formula is C22H23N3O3S2. The maximum Gasteiger partial charge on any atom is 0.254 e. The zero-order chi connectivity index (χ0) is 20.9. The third-order valence-electron chi connectivity index (χ3n) is 5.03. The van der Waals surface area contributed by atoms with E-state index in [0.29, 0.717) is 43.2 Å². The number of thiazole rings is 1. The minimum absolute atomic E-state index is 0.0220. The van der Waals surface area contributed by atoms with Crippen LogP contribution in [0.3, 0.4) is 0 Å². The van der Waals surface area contributed by atoms with Crippen molar-refractivity contribution in [1.82, 2.24) is 14.8 Å². The molecule has 30 heavy (non-hydrogen) atoms. The number of hydrogen-bond acceptors (Lipinski definition) is 6. The summed E-state index contributed by atoms with van der Waals surface area (Å²) in [5.74, 6) is 1.93. The number of carbonyl (C=O) groups excluding carboxylic acids is 2. The van der Waals surface area contributed by atoms with Crippen LogP contribution in [0.2, 0.25) is 0 Å². The van der Waals surface area contributed by atoms with Crippen molar-refractivity contribution in [2.45, 2.75) is 5.75 Å². The molecule has 156 valence electrons. The summed E-state index contributed by atoms with van der Waals surface area (Å²) >= 11 is 3.27. The van der Waals surface area contributed by atoms with Gasteiger partial charge in [-0.25, -0.2) is 4.98 Å². The van der Waals surface area contributed by atoms with E-state index in [0.717, 1.165) is 16.3 Å². The Labute approximate surface area is 183 Å². The van der Waals surface area contributed by atoms with Crippen molar-refractivity contribution in [3.05, 3.63) is 59.1 Å². The Kier molecular flexibility index (Phi) is 6.54. The fourth-order valence-corrected chi connectivity index (χ4v) is 5.34. The number of piperazine rings is 1. The van der Waals surface area contributed by atoms with Crippen LogP contribution in [-0.2, 0) is 10.5 Å². The maximum absolute atomic E-state index is 12.7. The summed E-state index contributed by atoms with van der Waals surface area (Å²) in [6.45, 7) is 2.22. The molecule has 2 aromatic carbocycles. The molecule has 0 atom stereocenters. The molecule has 2 amide bonds. The molecule has 6 nitrogen and oxygen atoms in total. The van der Waals surface area contributed by atoms with Gasteiger partial charge in [0.2, 0.25) is 5.91 Å². The number of nitrogens with zero attached hydrogens (tertiary/aromatic N) is 3. The molecular weight excluding hydrogens is 418 g/mol. The molecule has 1 aromatic heterocycles. The van der Waals surface area contributed by atoms with Crippen molar-refractivity contribution in [2.75, 3.05) is 39.0 Å². The first-order valence-electron chi connectivity index (χ1n) is 9.77. The van der Waals surface area contributed by atoms with Crippen molar-refractivity contribution < 1.29 is 14.3 Å². The standard InChI is InChI=1S/C22H23N3O3S2/c1-28-17-6-4-5-16(13-17)22(27)25-11-9-24(10-12-25)21(26)15-29-14-20-23-18-7-2-3-8-19(18)30-20/h2-8,13H,9-12,14-15H2,1H3. The predicted octanol–water partition coefficient (Wildman–Crippen LogP) is 3.52. The Bertz CT molecular complexity index is 1010. The molecule has 0 unspecified atom stereocenters. The molecule has 2 heterocycles. The maximum atomic E-state index is 12.7. The van der Waals surface area contributed by atoms with Gasteiger partial charge in [-0.2, -0.15) is 0 Å². The number of rotatable bonds is 6. The fourth-order valence-electron chi connectivity index (χ4n) is 3.40. The molecule has 8 heteroatoms. The lowest BCUT2D eigenvalue weighted by Crippen LogP contribution is -2.51. The number of ether oxygens (including phenoxy) is 1. The lowest BCUT2D eigenvalue weighted by Gasteiger charge is -2.34. The number of aromatic nitrogens is 1. The Morgan fingerprint density at radius 3 is 2.60 bits per heavy atom. The quantitative estimate of drug-likeness (QED) is 0.586. The van der Waals surface area contributed by atoms with Crippen molar-refractivity contribution >= 4 is 45.1 Å². The van der Waals surface area contributed by atoms with Gasteiger partial charge in [-0.15, -0.1) is 23.1 Å². The van der Waals surface area contributed by atoms with Gasteiger partial charge in [0.15, 0.2) is 0 Å². The molecule has 1 aliphatic heterocycles. The van der Waals surface area contributed by atoms with Crippen molar-refractivity contribution in [2.24, 2.45) is 0 Å². The molecule has 0 radical (unpaired) electrons. The van der Waals surface area contributed by atoms with Crippen LogP contribution in [0.25, 0.3) is 10.2 Å². The van der Waals surface area contributed by atoms with Crippen molar-refractivity contribution in [1.29, 1.82) is 0 Å². The van der Waals surface area contributed by atoms with Gasteiger partial charge >= 0.3 is 0 Å². The molecule has 0 spiro atoms. The highest BCUT2D eigenvalue weighted by molar-refractivity contribution is 7.99. The van der Waals surface area contributed by atoms with Gasteiger partial charge in [-0.3, -0.25) is 9.59 Å². The smallest absolute Gasteiger partial charge is 0.254 e. The summed E-state index contributed by atoms with van der Waals surface area (Å²) in [5.41, 5.74) is 1.63. The summed E-state index contributed by atoms with van der Waals surface area (Å²) in [7, 11) is 1.59. The van der Waals surface area contributed by atoms with E-state index in [1.807, 2.05) is 35.2 Å². The molecule has 1 fully saturated rings. The van der Waals surface area contributed by atoms with E-state index < -0.39 is 0 Å². The largest absolute Gasteiger partial charge is 0.497 e. The molecule has 3 aromatic rings. The summed E-state index contributed by atoms with van der Waals surface area (Å²) < 4.78 is 6.37. The van der Waals surface area contributed by atoms with E-state index in [1.54, 1.807) is 47.2 Å². The van der Waals surface area contributed by atoms with Crippen LogP contribution >= 0.6 is 23.1 Å². The van der Waals surface area contributed by atoms with Crippen LogP contribution in [-0.4, -0.2) is 65.6 Å². The number of fused-ring (bicyclic) bond motifs is 1. The van der Waals surface area contributed by atoms with E-state index >= 15 is 0 Å². The number of para-hydroxylation sites is 1. The van der Waals surface area contributed by atoms with Gasteiger partial charge in [0, 0.05) is 37.5 Å². The third-order valence-corrected chi connectivity index (χ3v) is 7.17. The van der Waals surface area contributed by atoms with E-state index in [4.69, 9.17) is 4.74 Å². The molecule has 0 aliphatic carbocycles. The SMILES string of the molecule is COc1cccc(C(=O)N2CCN(C(=O)CSCc3nc4ccccc4s3)CC2)c1. The average molecular weight is 442 g/mol. The number of benzene rings is 2. The number of thioether (sulfide) groups is 1. The van der Waals surface area contributed by atoms with Crippen LogP contribution in [0.5, 0.6) is 5.75 Å². The highest BCUT2D eigenvalue weighted by atomic mass is 32.2. The topological polar surface area (TPSA) is 62.7 Å². The average Bonchev–Trinajstić information content (AvgIpc) is 3.21. The zero-order valence-corrected chi connectivity index (χ0v) is 18.4. The summed E-state index contributed by atoms with van der Waals surface area (Å²) in [6.07, 6.45) is 0. The molecule has 4 rings (SSSR count). The van der Waals surface area contributed by atoms with Gasteiger partial charge in [0.05, 0.1) is 23.1 Å². The molecule has 0 N–H and O–H groups in total. The third kappa shape index (κ3) is 4.76. The summed E-state index contributed by atoms with van der Waals surface area (Å²) in [6, 6.07) is 15.3. The first-order chi connectivity index (χ1) is 14.6. The number of hydrogen-bond donors (Lipinski definition) is 0. The molecule has 0 saturated carbocycles. The van der Waals surface area contributed by atoms with Crippen LogP contribution in [0.15, 0.2) is 48.5 Å². The number of amides is 2. The lowest BCUT2D eigenvalue weighted by molar-refractivity contribution is -0.129. The lowest BCUT2D eigenvalue weighted by atomic mass is 10.1. The predicted molar refractivity (Wildman–Crippen MR) is 121 cm³/mol. The minimum atomic E-state index is -0.0220. The second-order valence-corrected chi connectivity index (χ2v) is 9.07. The summed E-state index contributed by atoms with van der Waals surface area (Å²) in [5, 5.41) is 1.04. The monoisotopic (exact) mass is 441 g/mol. The van der Waals surface area contributed by atoms with Gasteiger partial charge in [0.1, 0.15) is 10.8 Å². The van der Waals surface area contributed by atoms with Gasteiger partial charge < -0.3 is 14.5 Å². The Morgan fingerprint density at radius 1 is 1.07 bits per heavy atom. The highest BCUT2D eigenvalue weighted by Crippen LogP contribution is 2.25. The number of carbonyl (C=O) groups is 2. The van der Waals surface area contributed by atoms with E-state index in [-0.39, 0.29) is 11.8 Å². The van der Waals surface area contributed by atoms with E-state index in [1.165, 1.54) is 4.70 Å². The van der Waals surface area contributed by atoms with Gasteiger partial charge in [-0.05, 0) is 30.3 Å². The van der Waals surface area contributed by atoms with Gasteiger partial charge in [0.25, 0.3) is 5.91 Å². The van der Waals surface area contributed by atoms with E-state index in [9.17, 15) is 9.59 Å². The van der Waals surface area contributed by atoms with Crippen LogP contribution in [0.4, 0.5) is 0 Å². The molecule has 1 saturated heterocycles. The Balaban J connectivity index is 1.24. The number of methoxy groups -OCH3 is 1. The van der Waals surface area contributed by atoms with Crippen LogP contribution in [0, 0.1) is 0 Å². The Hall–Kier alpha value is -2.58. The van der Waals surface area contributed by atoms with Gasteiger partial charge in [-0.1, -0.05) is 18.2 Å². The van der Waals surface area contributed by atoms with Crippen molar-refractivity contribution in [3.63, 3.8) is 0 Å². The van der Waals surface area contributed by atoms with E-state index in [2.05, 4.69) is 11.1 Å².